The monoisotopic (exact) mass is 328 g/mol. The summed E-state index contributed by atoms with van der Waals surface area (Å²) in [6.45, 7) is 7.16. The molecule has 1 amide bonds. The van der Waals surface area contributed by atoms with Crippen LogP contribution in [-0.4, -0.2) is 37.0 Å². The van der Waals surface area contributed by atoms with E-state index in [2.05, 4.69) is 11.0 Å². The van der Waals surface area contributed by atoms with Crippen LogP contribution in [0.2, 0.25) is 5.02 Å². The van der Waals surface area contributed by atoms with Crippen LogP contribution in [0, 0.1) is 13.8 Å². The van der Waals surface area contributed by atoms with E-state index in [1.807, 2.05) is 55.1 Å². The molecular formula is C19H21ClN2O. The zero-order valence-corrected chi connectivity index (χ0v) is 14.3. The predicted molar refractivity (Wildman–Crippen MR) is 95.5 cm³/mol. The van der Waals surface area contributed by atoms with Gasteiger partial charge in [-0.25, -0.2) is 0 Å². The Labute approximate surface area is 142 Å². The number of carbonyl (C=O) groups is 1. The normalized spacial score (nSPS) is 14.9. The number of nitrogens with zero attached hydrogens (tertiary/aromatic N) is 2. The number of rotatable bonds is 2. The molecule has 4 heteroatoms. The highest BCUT2D eigenvalue weighted by Crippen LogP contribution is 2.24. The van der Waals surface area contributed by atoms with Crippen molar-refractivity contribution in [3.63, 3.8) is 0 Å². The van der Waals surface area contributed by atoms with E-state index in [-0.39, 0.29) is 5.91 Å². The first-order valence-corrected chi connectivity index (χ1v) is 8.29. The molecular weight excluding hydrogens is 308 g/mol. The van der Waals surface area contributed by atoms with Crippen LogP contribution in [0.25, 0.3) is 0 Å². The molecule has 0 saturated carbocycles. The number of carbonyl (C=O) groups excluding carboxylic acids is 1. The molecule has 0 spiro atoms. The molecule has 120 valence electrons. The molecule has 23 heavy (non-hydrogen) atoms. The zero-order chi connectivity index (χ0) is 16.4. The molecule has 3 nitrogen and oxygen atoms in total. The Bertz CT molecular complexity index is 704. The highest BCUT2D eigenvalue weighted by Gasteiger charge is 2.22. The number of hydrogen-bond acceptors (Lipinski definition) is 2. The van der Waals surface area contributed by atoms with Gasteiger partial charge < -0.3 is 9.80 Å². The molecule has 0 N–H and O–H groups in total. The molecule has 0 aromatic heterocycles. The van der Waals surface area contributed by atoms with Crippen LogP contribution in [0.1, 0.15) is 21.5 Å². The van der Waals surface area contributed by atoms with Crippen molar-refractivity contribution in [3.05, 3.63) is 64.2 Å². The summed E-state index contributed by atoms with van der Waals surface area (Å²) in [7, 11) is 0. The highest BCUT2D eigenvalue weighted by molar-refractivity contribution is 6.31. The van der Waals surface area contributed by atoms with Gasteiger partial charge in [0.2, 0.25) is 0 Å². The Kier molecular flexibility index (Phi) is 4.58. The van der Waals surface area contributed by atoms with Gasteiger partial charge in [0.05, 0.1) is 0 Å². The van der Waals surface area contributed by atoms with Gasteiger partial charge in [-0.2, -0.15) is 0 Å². The molecule has 1 heterocycles. The van der Waals surface area contributed by atoms with Crippen molar-refractivity contribution in [1.29, 1.82) is 0 Å². The van der Waals surface area contributed by atoms with Crippen molar-refractivity contribution in [2.24, 2.45) is 0 Å². The maximum Gasteiger partial charge on any atom is 0.253 e. The molecule has 3 rings (SSSR count). The van der Waals surface area contributed by atoms with Gasteiger partial charge in [0.15, 0.2) is 0 Å². The molecule has 0 unspecified atom stereocenters. The summed E-state index contributed by atoms with van der Waals surface area (Å²) in [5.41, 5.74) is 4.15. The van der Waals surface area contributed by atoms with Crippen molar-refractivity contribution < 1.29 is 4.79 Å². The summed E-state index contributed by atoms with van der Waals surface area (Å²) in [5, 5.41) is 0.792. The smallest absolute Gasteiger partial charge is 0.253 e. The summed E-state index contributed by atoms with van der Waals surface area (Å²) < 4.78 is 0. The largest absolute Gasteiger partial charge is 0.368 e. The molecule has 1 aliphatic heterocycles. The van der Waals surface area contributed by atoms with Crippen molar-refractivity contribution >= 4 is 23.2 Å². The van der Waals surface area contributed by atoms with Crippen molar-refractivity contribution in [1.82, 2.24) is 4.90 Å². The Morgan fingerprint density at radius 3 is 2.22 bits per heavy atom. The van der Waals surface area contributed by atoms with Crippen LogP contribution in [0.3, 0.4) is 0 Å². The van der Waals surface area contributed by atoms with Crippen LogP contribution >= 0.6 is 11.6 Å². The Morgan fingerprint density at radius 2 is 1.61 bits per heavy atom. The minimum absolute atomic E-state index is 0.117. The summed E-state index contributed by atoms with van der Waals surface area (Å²) in [5.74, 6) is 0.117. The molecule has 2 aromatic carbocycles. The van der Waals surface area contributed by atoms with E-state index in [0.29, 0.717) is 0 Å². The quantitative estimate of drug-likeness (QED) is 0.834. The average molecular weight is 329 g/mol. The second-order valence-electron chi connectivity index (χ2n) is 6.08. The van der Waals surface area contributed by atoms with E-state index in [4.69, 9.17) is 11.6 Å². The number of benzene rings is 2. The number of anilines is 1. The number of halogens is 1. The molecule has 0 radical (unpaired) electrons. The molecule has 1 fully saturated rings. The van der Waals surface area contributed by atoms with Crippen LogP contribution in [0.15, 0.2) is 42.5 Å². The summed E-state index contributed by atoms with van der Waals surface area (Å²) in [6, 6.07) is 13.9. The standard InChI is InChI=1S/C19H21ClN2O/c1-14-3-6-16(7-4-14)19(23)22-11-9-21(10-12-22)17-8-5-15(2)18(20)13-17/h3-8,13H,9-12H2,1-2H3. The SMILES string of the molecule is Cc1ccc(C(=O)N2CCN(c3ccc(C)c(Cl)c3)CC2)cc1. The van der Waals surface area contributed by atoms with Crippen molar-refractivity contribution in [2.75, 3.05) is 31.1 Å². The van der Waals surface area contributed by atoms with Gasteiger partial charge in [0.25, 0.3) is 5.91 Å². The predicted octanol–water partition coefficient (Wildman–Crippen LogP) is 3.92. The Hall–Kier alpha value is -2.00. The summed E-state index contributed by atoms with van der Waals surface area (Å²) >= 11 is 6.21. The maximum absolute atomic E-state index is 12.5. The highest BCUT2D eigenvalue weighted by atomic mass is 35.5. The van der Waals surface area contributed by atoms with E-state index in [1.165, 1.54) is 5.56 Å². The average Bonchev–Trinajstić information content (AvgIpc) is 2.57. The second kappa shape index (κ2) is 6.63. The third-order valence-corrected chi connectivity index (χ3v) is 4.79. The summed E-state index contributed by atoms with van der Waals surface area (Å²) in [4.78, 5) is 16.7. The molecule has 2 aromatic rings. The maximum atomic E-state index is 12.5. The lowest BCUT2D eigenvalue weighted by Gasteiger charge is -2.36. The topological polar surface area (TPSA) is 23.6 Å². The third-order valence-electron chi connectivity index (χ3n) is 4.39. The molecule has 1 aliphatic rings. The lowest BCUT2D eigenvalue weighted by molar-refractivity contribution is 0.0747. The van der Waals surface area contributed by atoms with E-state index < -0.39 is 0 Å². The first-order chi connectivity index (χ1) is 11.0. The van der Waals surface area contributed by atoms with Gasteiger partial charge in [-0.15, -0.1) is 0 Å². The fourth-order valence-corrected chi connectivity index (χ4v) is 3.00. The van der Waals surface area contributed by atoms with Crippen LogP contribution in [0.4, 0.5) is 5.69 Å². The third kappa shape index (κ3) is 3.50. The van der Waals surface area contributed by atoms with Gasteiger partial charge in [0, 0.05) is 42.5 Å². The second-order valence-corrected chi connectivity index (χ2v) is 6.49. The first kappa shape index (κ1) is 15.9. The lowest BCUT2D eigenvalue weighted by atomic mass is 10.1. The van der Waals surface area contributed by atoms with Crippen LogP contribution < -0.4 is 4.90 Å². The van der Waals surface area contributed by atoms with E-state index in [1.54, 1.807) is 0 Å². The lowest BCUT2D eigenvalue weighted by Crippen LogP contribution is -2.48. The number of hydrogen-bond donors (Lipinski definition) is 0. The molecule has 0 bridgehead atoms. The van der Waals surface area contributed by atoms with E-state index in [0.717, 1.165) is 48.0 Å². The van der Waals surface area contributed by atoms with Gasteiger partial charge in [-0.05, 0) is 43.7 Å². The minimum atomic E-state index is 0.117. The summed E-state index contributed by atoms with van der Waals surface area (Å²) in [6.07, 6.45) is 0. The van der Waals surface area contributed by atoms with Gasteiger partial charge in [-0.3, -0.25) is 4.79 Å². The molecule has 1 saturated heterocycles. The zero-order valence-electron chi connectivity index (χ0n) is 13.6. The van der Waals surface area contributed by atoms with Crippen LogP contribution in [-0.2, 0) is 0 Å². The van der Waals surface area contributed by atoms with E-state index in [9.17, 15) is 4.79 Å². The van der Waals surface area contributed by atoms with E-state index >= 15 is 0 Å². The van der Waals surface area contributed by atoms with Gasteiger partial charge in [-0.1, -0.05) is 35.4 Å². The van der Waals surface area contributed by atoms with Crippen LogP contribution in [0.5, 0.6) is 0 Å². The Morgan fingerprint density at radius 1 is 0.957 bits per heavy atom. The van der Waals surface area contributed by atoms with Crippen molar-refractivity contribution in [3.8, 4) is 0 Å². The van der Waals surface area contributed by atoms with Crippen molar-refractivity contribution in [2.45, 2.75) is 13.8 Å². The fraction of sp³-hybridized carbons (Fsp3) is 0.316. The minimum Gasteiger partial charge on any atom is -0.368 e. The number of aryl methyl sites for hydroxylation is 2. The fourth-order valence-electron chi connectivity index (χ4n) is 2.82. The first-order valence-electron chi connectivity index (χ1n) is 7.91. The number of amides is 1. The molecule has 0 aliphatic carbocycles. The number of piperazine rings is 1. The van der Waals surface area contributed by atoms with Gasteiger partial charge >= 0.3 is 0 Å². The van der Waals surface area contributed by atoms with Gasteiger partial charge in [0.1, 0.15) is 0 Å². The molecule has 0 atom stereocenters. The Balaban J connectivity index is 1.64.